The summed E-state index contributed by atoms with van der Waals surface area (Å²) in [6.07, 6.45) is -4.23. The lowest BCUT2D eigenvalue weighted by Gasteiger charge is -2.31. The maximum absolute atomic E-state index is 15.4. The van der Waals surface area contributed by atoms with E-state index in [4.69, 9.17) is 39.8 Å². The Balaban J connectivity index is 1.27. The zero-order valence-electron chi connectivity index (χ0n) is 36.9. The van der Waals surface area contributed by atoms with Gasteiger partial charge in [0.1, 0.15) is 5.82 Å². The quantitative estimate of drug-likeness (QED) is 0.138. The monoisotopic (exact) mass is 1020 g/mol. The number of alkyl halides is 6. The molecule has 2 N–H and O–H groups in total. The van der Waals surface area contributed by atoms with Crippen LogP contribution in [0.1, 0.15) is 45.2 Å². The van der Waals surface area contributed by atoms with Gasteiger partial charge >= 0.3 is 12.4 Å². The van der Waals surface area contributed by atoms with Gasteiger partial charge in [-0.2, -0.15) is 26.3 Å². The van der Waals surface area contributed by atoms with Gasteiger partial charge in [0.2, 0.25) is 0 Å². The van der Waals surface area contributed by atoms with Crippen LogP contribution < -0.4 is 0 Å². The van der Waals surface area contributed by atoms with Crippen LogP contribution in [0, 0.1) is 0 Å². The van der Waals surface area contributed by atoms with Gasteiger partial charge in [-0.3, -0.25) is 4.98 Å². The topological polar surface area (TPSA) is 115 Å². The molecular formula is C53H34Cl3F6N7O2. The summed E-state index contributed by atoms with van der Waals surface area (Å²) in [6, 6.07) is 33.5. The molecular weight excluding hydrogens is 987 g/mol. The lowest BCUT2D eigenvalue weighted by atomic mass is 9.82. The van der Waals surface area contributed by atoms with Gasteiger partial charge in [0, 0.05) is 52.8 Å². The number of rotatable bonds is 9. The number of nitrogens with zero attached hydrogens (tertiary/aromatic N) is 7. The van der Waals surface area contributed by atoms with Crippen molar-refractivity contribution in [2.45, 2.75) is 23.6 Å². The second-order valence-electron chi connectivity index (χ2n) is 16.7. The van der Waals surface area contributed by atoms with Gasteiger partial charge in [-0.25, -0.2) is 19.9 Å². The van der Waals surface area contributed by atoms with E-state index in [1.54, 1.807) is 78.3 Å². The van der Waals surface area contributed by atoms with E-state index < -0.39 is 40.5 Å². The van der Waals surface area contributed by atoms with Crippen molar-refractivity contribution in [1.29, 1.82) is 0 Å². The van der Waals surface area contributed by atoms with Crippen LogP contribution in [-0.2, 0) is 37.7 Å². The fourth-order valence-electron chi connectivity index (χ4n) is 9.16. The minimum absolute atomic E-state index is 0.00387. The molecule has 0 spiro atoms. The Bertz CT molecular complexity index is 3670. The third-order valence-corrected chi connectivity index (χ3v) is 13.6. The molecule has 71 heavy (non-hydrogen) atoms. The van der Waals surface area contributed by atoms with Crippen LogP contribution in [0.5, 0.6) is 0 Å². The van der Waals surface area contributed by atoms with Crippen LogP contribution in [0.4, 0.5) is 26.3 Å². The second kappa shape index (κ2) is 17.6. The average molecular weight is 1020 g/mol. The molecule has 5 aromatic carbocycles. The number of hydrogen-bond donors (Lipinski definition) is 2. The SMILES string of the molecule is Cn1cncc1C(O)(c1cc(-c2ncc(C(O)(c3ccc(Cl)cc3)c3ccc4nc(C(F)(F)F)c(-c5ccccc5)c(Cl)c4c3)n2C)c2nc(C(F)(F)F)c(-c3ccccc3)c(Cl)c2c1)c1ccccn1. The first kappa shape index (κ1) is 47.5. The maximum atomic E-state index is 15.4. The van der Waals surface area contributed by atoms with E-state index >= 15 is 13.2 Å². The number of aryl methyl sites for hydroxylation is 1. The van der Waals surface area contributed by atoms with E-state index in [1.165, 1.54) is 103 Å². The van der Waals surface area contributed by atoms with Crippen molar-refractivity contribution in [1.82, 2.24) is 34.1 Å². The maximum Gasteiger partial charge on any atom is 0.434 e. The van der Waals surface area contributed by atoms with Crippen LogP contribution in [-0.4, -0.2) is 44.3 Å². The highest BCUT2D eigenvalue weighted by molar-refractivity contribution is 6.39. The molecule has 2 unspecified atom stereocenters. The first-order valence-electron chi connectivity index (χ1n) is 21.5. The van der Waals surface area contributed by atoms with Crippen LogP contribution in [0.25, 0.3) is 55.4 Å². The van der Waals surface area contributed by atoms with E-state index in [-0.39, 0.29) is 93.7 Å². The van der Waals surface area contributed by atoms with Crippen LogP contribution in [0.15, 0.2) is 158 Å². The lowest BCUT2D eigenvalue weighted by Crippen LogP contribution is -2.32. The predicted octanol–water partition coefficient (Wildman–Crippen LogP) is 13.2. The normalized spacial score (nSPS) is 13.9. The fraction of sp³-hybridized carbons (Fsp3) is 0.113. The largest absolute Gasteiger partial charge is 0.434 e. The van der Waals surface area contributed by atoms with Gasteiger partial charge in [0.15, 0.2) is 22.6 Å². The van der Waals surface area contributed by atoms with E-state index in [9.17, 15) is 23.4 Å². The Hall–Kier alpha value is -7.14. The van der Waals surface area contributed by atoms with Crippen molar-refractivity contribution in [3.63, 3.8) is 0 Å². The Labute approximate surface area is 415 Å². The minimum atomic E-state index is -5.03. The molecule has 0 aliphatic rings. The number of hydrogen-bond acceptors (Lipinski definition) is 7. The summed E-state index contributed by atoms with van der Waals surface area (Å²) in [5.41, 5.74) is -7.00. The number of fused-ring (bicyclic) bond motifs is 2. The summed E-state index contributed by atoms with van der Waals surface area (Å²) in [6.45, 7) is 0. The highest BCUT2D eigenvalue weighted by atomic mass is 35.5. The van der Waals surface area contributed by atoms with Crippen molar-refractivity contribution in [2.24, 2.45) is 14.1 Å². The molecule has 0 aliphatic heterocycles. The highest BCUT2D eigenvalue weighted by Gasteiger charge is 2.44. The van der Waals surface area contributed by atoms with E-state index in [1.807, 2.05) is 0 Å². The number of pyridine rings is 3. The molecule has 10 aromatic rings. The fourth-order valence-corrected chi connectivity index (χ4v) is 9.98. The molecule has 0 radical (unpaired) electrons. The predicted molar refractivity (Wildman–Crippen MR) is 260 cm³/mol. The highest BCUT2D eigenvalue weighted by Crippen LogP contribution is 2.49. The molecule has 0 amide bonds. The zero-order valence-corrected chi connectivity index (χ0v) is 39.2. The molecule has 0 fully saturated rings. The van der Waals surface area contributed by atoms with Crippen molar-refractivity contribution in [3.05, 3.63) is 219 Å². The zero-order chi connectivity index (χ0) is 50.2. The van der Waals surface area contributed by atoms with E-state index in [0.29, 0.717) is 5.02 Å². The van der Waals surface area contributed by atoms with Gasteiger partial charge in [-0.05, 0) is 76.3 Å². The lowest BCUT2D eigenvalue weighted by molar-refractivity contribution is -0.141. The van der Waals surface area contributed by atoms with Gasteiger partial charge in [-0.1, -0.05) is 120 Å². The number of benzene rings is 5. The summed E-state index contributed by atoms with van der Waals surface area (Å²) >= 11 is 20.5. The Morgan fingerprint density at radius 2 is 1.13 bits per heavy atom. The summed E-state index contributed by atoms with van der Waals surface area (Å²) < 4.78 is 93.1. The van der Waals surface area contributed by atoms with Gasteiger partial charge in [-0.15, -0.1) is 0 Å². The van der Waals surface area contributed by atoms with Crippen LogP contribution in [0.2, 0.25) is 15.1 Å². The molecule has 18 heteroatoms. The van der Waals surface area contributed by atoms with E-state index in [0.717, 1.165) is 0 Å². The van der Waals surface area contributed by atoms with E-state index in [2.05, 4.69) is 19.9 Å². The van der Waals surface area contributed by atoms with Crippen LogP contribution in [0.3, 0.4) is 0 Å². The summed E-state index contributed by atoms with van der Waals surface area (Å²) in [7, 11) is 3.18. The second-order valence-corrected chi connectivity index (χ2v) is 17.9. The van der Waals surface area contributed by atoms with Gasteiger partial charge in [0.25, 0.3) is 0 Å². The van der Waals surface area contributed by atoms with Crippen LogP contribution >= 0.6 is 34.8 Å². The first-order chi connectivity index (χ1) is 33.8. The molecule has 5 aromatic heterocycles. The summed E-state index contributed by atoms with van der Waals surface area (Å²) in [5.74, 6) is -0.0431. The number of aromatic nitrogens is 7. The molecule has 356 valence electrons. The molecule has 5 heterocycles. The average Bonchev–Trinajstić information content (AvgIpc) is 3.98. The Morgan fingerprint density at radius 1 is 0.549 bits per heavy atom. The van der Waals surface area contributed by atoms with Crippen molar-refractivity contribution < 1.29 is 36.6 Å². The van der Waals surface area contributed by atoms with Crippen molar-refractivity contribution in [2.75, 3.05) is 0 Å². The standard InChI is InChI=1S/C53H34Cl3F6N7O2/c1-68-28-63-26-40(68)51(71,39-15-9-10-22-64-39)33-24-36-45(56)43(30-13-7-4-8-14-30)48(53(60,61)62)67-46(36)37(25-33)49-65-27-41(69(49)2)50(70,31-16-19-34(54)20-17-31)32-18-21-38-35(23-32)44(55)42(29-11-5-3-6-12-29)47(66-38)52(57,58)59/h3-28,70-71H,1-2H3. The summed E-state index contributed by atoms with van der Waals surface area (Å²) in [5, 5.41) is 26.4. The third-order valence-electron chi connectivity index (χ3n) is 12.5. The van der Waals surface area contributed by atoms with Crippen molar-refractivity contribution >= 4 is 56.6 Å². The molecule has 0 bridgehead atoms. The molecule has 0 aliphatic carbocycles. The molecule has 2 atom stereocenters. The van der Waals surface area contributed by atoms with Crippen molar-refractivity contribution in [3.8, 4) is 33.6 Å². The molecule has 0 saturated carbocycles. The molecule has 10 rings (SSSR count). The Morgan fingerprint density at radius 3 is 1.70 bits per heavy atom. The number of imidazole rings is 2. The smallest absolute Gasteiger partial charge is 0.374 e. The minimum Gasteiger partial charge on any atom is -0.374 e. The summed E-state index contributed by atoms with van der Waals surface area (Å²) in [4.78, 5) is 21.9. The molecule has 9 nitrogen and oxygen atoms in total. The Kier molecular flexibility index (Phi) is 11.8. The third kappa shape index (κ3) is 7.98. The number of halogens is 9. The van der Waals surface area contributed by atoms with Gasteiger partial charge < -0.3 is 19.3 Å². The molecule has 0 saturated heterocycles. The van der Waals surface area contributed by atoms with Gasteiger partial charge in [0.05, 0.1) is 56.9 Å². The number of aliphatic hydroxyl groups is 2. The first-order valence-corrected chi connectivity index (χ1v) is 22.6.